The first kappa shape index (κ1) is 13.9. The van der Waals surface area contributed by atoms with Gasteiger partial charge in [-0.3, -0.25) is 14.5 Å². The lowest BCUT2D eigenvalue weighted by atomic mass is 9.81. The molecule has 4 unspecified atom stereocenters. The molecule has 22 heavy (non-hydrogen) atoms. The standard InChI is InChI=1S/C18H21NO3/c20-17-15-13-9-10-14(22-13)16(15)18(21)19(17)11-5-4-8-12-6-2-1-3-7-12/h1-3,6-7,13-16H,4-5,8-11H2. The maximum absolute atomic E-state index is 12.5. The highest BCUT2D eigenvalue weighted by Crippen LogP contribution is 2.48. The predicted molar refractivity (Wildman–Crippen MR) is 81.0 cm³/mol. The topological polar surface area (TPSA) is 46.6 Å². The quantitative estimate of drug-likeness (QED) is 0.618. The molecule has 1 aromatic rings. The number of aryl methyl sites for hydroxylation is 1. The molecule has 116 valence electrons. The van der Waals surface area contributed by atoms with Crippen molar-refractivity contribution in [1.29, 1.82) is 0 Å². The van der Waals surface area contributed by atoms with Gasteiger partial charge in [0.2, 0.25) is 11.8 Å². The number of carbonyl (C=O) groups excluding carboxylic acids is 2. The molecule has 0 aromatic heterocycles. The summed E-state index contributed by atoms with van der Waals surface area (Å²) in [6.07, 6.45) is 4.75. The van der Waals surface area contributed by atoms with E-state index in [0.717, 1.165) is 32.1 Å². The van der Waals surface area contributed by atoms with E-state index in [4.69, 9.17) is 4.74 Å². The molecule has 2 amide bonds. The van der Waals surface area contributed by atoms with E-state index in [9.17, 15) is 9.59 Å². The first-order chi connectivity index (χ1) is 10.8. The number of amides is 2. The second-order valence-electron chi connectivity index (χ2n) is 6.61. The van der Waals surface area contributed by atoms with Crippen LogP contribution >= 0.6 is 0 Å². The molecule has 3 fully saturated rings. The van der Waals surface area contributed by atoms with Crippen LogP contribution in [0.2, 0.25) is 0 Å². The summed E-state index contributed by atoms with van der Waals surface area (Å²) < 4.78 is 5.74. The monoisotopic (exact) mass is 299 g/mol. The zero-order chi connectivity index (χ0) is 15.1. The summed E-state index contributed by atoms with van der Waals surface area (Å²) in [7, 11) is 0. The predicted octanol–water partition coefficient (Wildman–Crippen LogP) is 2.17. The van der Waals surface area contributed by atoms with Gasteiger partial charge < -0.3 is 4.74 Å². The molecule has 3 aliphatic heterocycles. The summed E-state index contributed by atoms with van der Waals surface area (Å²) >= 11 is 0. The van der Waals surface area contributed by atoms with E-state index in [1.54, 1.807) is 0 Å². The molecule has 4 atom stereocenters. The van der Waals surface area contributed by atoms with Crippen LogP contribution in [0.1, 0.15) is 31.2 Å². The van der Waals surface area contributed by atoms with Crippen LogP contribution in [0.4, 0.5) is 0 Å². The Morgan fingerprint density at radius 2 is 1.59 bits per heavy atom. The fourth-order valence-corrected chi connectivity index (χ4v) is 4.24. The van der Waals surface area contributed by atoms with Gasteiger partial charge in [0.25, 0.3) is 0 Å². The van der Waals surface area contributed by atoms with E-state index in [2.05, 4.69) is 12.1 Å². The van der Waals surface area contributed by atoms with Crippen LogP contribution in [0.15, 0.2) is 30.3 Å². The zero-order valence-corrected chi connectivity index (χ0v) is 12.6. The van der Waals surface area contributed by atoms with Crippen LogP contribution in [0.3, 0.4) is 0 Å². The average Bonchev–Trinajstić information content (AvgIpc) is 3.21. The van der Waals surface area contributed by atoms with Crippen molar-refractivity contribution in [3.63, 3.8) is 0 Å². The number of hydrogen-bond acceptors (Lipinski definition) is 3. The Hall–Kier alpha value is -1.68. The van der Waals surface area contributed by atoms with Crippen molar-refractivity contribution in [2.45, 2.75) is 44.3 Å². The first-order valence-corrected chi connectivity index (χ1v) is 8.30. The van der Waals surface area contributed by atoms with Gasteiger partial charge >= 0.3 is 0 Å². The van der Waals surface area contributed by atoms with Crippen molar-refractivity contribution in [2.75, 3.05) is 6.54 Å². The normalized spacial score (nSPS) is 32.8. The van der Waals surface area contributed by atoms with Crippen LogP contribution in [0, 0.1) is 11.8 Å². The summed E-state index contributed by atoms with van der Waals surface area (Å²) in [6, 6.07) is 10.3. The third-order valence-electron chi connectivity index (χ3n) is 5.32. The van der Waals surface area contributed by atoms with E-state index >= 15 is 0 Å². The van der Waals surface area contributed by atoms with E-state index in [-0.39, 0.29) is 35.9 Å². The molecule has 3 saturated heterocycles. The maximum atomic E-state index is 12.5. The lowest BCUT2D eigenvalue weighted by molar-refractivity contribution is -0.142. The Balaban J connectivity index is 1.32. The minimum Gasteiger partial charge on any atom is -0.373 e. The molecule has 0 spiro atoms. The summed E-state index contributed by atoms with van der Waals surface area (Å²) in [4.78, 5) is 26.5. The minimum atomic E-state index is -0.180. The Kier molecular flexibility index (Phi) is 3.49. The van der Waals surface area contributed by atoms with Gasteiger partial charge in [0, 0.05) is 6.54 Å². The third kappa shape index (κ3) is 2.17. The molecule has 4 heteroatoms. The number of hydrogen-bond donors (Lipinski definition) is 0. The van der Waals surface area contributed by atoms with Gasteiger partial charge in [-0.15, -0.1) is 0 Å². The Bertz CT molecular complexity index is 557. The van der Waals surface area contributed by atoms with Crippen molar-refractivity contribution in [3.05, 3.63) is 35.9 Å². The highest BCUT2D eigenvalue weighted by molar-refractivity contribution is 6.06. The molecular weight excluding hydrogens is 278 g/mol. The van der Waals surface area contributed by atoms with Crippen molar-refractivity contribution in [2.24, 2.45) is 11.8 Å². The number of unbranched alkanes of at least 4 members (excludes halogenated alkanes) is 1. The van der Waals surface area contributed by atoms with Crippen molar-refractivity contribution in [1.82, 2.24) is 4.90 Å². The van der Waals surface area contributed by atoms with Gasteiger partial charge in [-0.1, -0.05) is 30.3 Å². The fraction of sp³-hybridized carbons (Fsp3) is 0.556. The molecule has 2 bridgehead atoms. The second-order valence-corrected chi connectivity index (χ2v) is 6.61. The van der Waals surface area contributed by atoms with Crippen LogP contribution in [0.5, 0.6) is 0 Å². The van der Waals surface area contributed by atoms with Crippen LogP contribution < -0.4 is 0 Å². The fourth-order valence-electron chi connectivity index (χ4n) is 4.24. The highest BCUT2D eigenvalue weighted by atomic mass is 16.5. The first-order valence-electron chi connectivity index (χ1n) is 8.30. The van der Waals surface area contributed by atoms with Gasteiger partial charge in [-0.25, -0.2) is 0 Å². The highest BCUT2D eigenvalue weighted by Gasteiger charge is 2.62. The number of likely N-dealkylation sites (tertiary alicyclic amines) is 1. The lowest BCUT2D eigenvalue weighted by Gasteiger charge is -2.17. The molecule has 4 rings (SSSR count). The minimum absolute atomic E-state index is 0.000712. The molecule has 0 radical (unpaired) electrons. The molecule has 1 aromatic carbocycles. The Labute approximate surface area is 130 Å². The van der Waals surface area contributed by atoms with Gasteiger partial charge in [-0.05, 0) is 37.7 Å². The third-order valence-corrected chi connectivity index (χ3v) is 5.32. The number of fused-ring (bicyclic) bond motifs is 5. The summed E-state index contributed by atoms with van der Waals surface area (Å²) in [5, 5.41) is 0. The molecule has 0 saturated carbocycles. The smallest absolute Gasteiger partial charge is 0.235 e. The van der Waals surface area contributed by atoms with Gasteiger partial charge in [0.05, 0.1) is 24.0 Å². The number of imide groups is 1. The average molecular weight is 299 g/mol. The van der Waals surface area contributed by atoms with Crippen LogP contribution in [-0.2, 0) is 20.7 Å². The molecule has 3 aliphatic rings. The molecule has 4 nitrogen and oxygen atoms in total. The van der Waals surface area contributed by atoms with Crippen molar-refractivity contribution >= 4 is 11.8 Å². The Morgan fingerprint density at radius 3 is 2.23 bits per heavy atom. The molecule has 3 heterocycles. The number of carbonyl (C=O) groups is 2. The summed E-state index contributed by atoms with van der Waals surface area (Å²) in [6.45, 7) is 0.566. The van der Waals surface area contributed by atoms with Crippen LogP contribution in [-0.4, -0.2) is 35.5 Å². The number of benzene rings is 1. The SMILES string of the molecule is O=C1C2C3CCC(O3)C2C(=O)N1CCCCc1ccccc1. The molecule has 0 aliphatic carbocycles. The van der Waals surface area contributed by atoms with Gasteiger partial charge in [0.1, 0.15) is 0 Å². The van der Waals surface area contributed by atoms with Crippen molar-refractivity contribution < 1.29 is 14.3 Å². The number of rotatable bonds is 5. The van der Waals surface area contributed by atoms with E-state index in [0.29, 0.717) is 6.54 Å². The van der Waals surface area contributed by atoms with Crippen LogP contribution in [0.25, 0.3) is 0 Å². The molecule has 0 N–H and O–H groups in total. The van der Waals surface area contributed by atoms with E-state index in [1.807, 2.05) is 18.2 Å². The molecular formula is C18H21NO3. The zero-order valence-electron chi connectivity index (χ0n) is 12.6. The largest absolute Gasteiger partial charge is 0.373 e. The van der Waals surface area contributed by atoms with E-state index in [1.165, 1.54) is 10.5 Å². The number of nitrogens with zero attached hydrogens (tertiary/aromatic N) is 1. The van der Waals surface area contributed by atoms with Gasteiger partial charge in [0.15, 0.2) is 0 Å². The summed E-state index contributed by atoms with van der Waals surface area (Å²) in [5.41, 5.74) is 1.31. The van der Waals surface area contributed by atoms with Gasteiger partial charge in [-0.2, -0.15) is 0 Å². The lowest BCUT2D eigenvalue weighted by Crippen LogP contribution is -2.35. The number of ether oxygens (including phenoxy) is 1. The summed E-state index contributed by atoms with van der Waals surface area (Å²) in [5.74, 6) is -0.329. The maximum Gasteiger partial charge on any atom is 0.235 e. The second kappa shape index (κ2) is 5.51. The Morgan fingerprint density at radius 1 is 0.955 bits per heavy atom. The van der Waals surface area contributed by atoms with E-state index < -0.39 is 0 Å². The van der Waals surface area contributed by atoms with Crippen molar-refractivity contribution in [3.8, 4) is 0 Å².